The molecule has 2 aromatic heterocycles. The Morgan fingerprint density at radius 3 is 2.67 bits per heavy atom. The second-order valence-corrected chi connectivity index (χ2v) is 4.90. The molecule has 6 nitrogen and oxygen atoms in total. The topological polar surface area (TPSA) is 62.7 Å². The quantitative estimate of drug-likeness (QED) is 0.787. The third-order valence-corrected chi connectivity index (χ3v) is 3.51. The van der Waals surface area contributed by atoms with Crippen molar-refractivity contribution in [2.24, 2.45) is 0 Å². The van der Waals surface area contributed by atoms with Crippen LogP contribution in [0.2, 0.25) is 0 Å². The largest absolute Gasteiger partial charge is 0.368 e. The molecule has 1 aliphatic heterocycles. The first kappa shape index (κ1) is 11.3. The standard InChI is InChI=1S/C12H18N6/c1-9-7-11-14-12(13)15-18(11)8-10(9)17-5-3-16(2)4-6-17/h7-8H,3-6H2,1-2H3,(H2,13,15). The van der Waals surface area contributed by atoms with E-state index in [-0.39, 0.29) is 0 Å². The summed E-state index contributed by atoms with van der Waals surface area (Å²) in [6, 6.07) is 2.04. The maximum Gasteiger partial charge on any atom is 0.240 e. The molecule has 1 saturated heterocycles. The second kappa shape index (κ2) is 4.13. The predicted molar refractivity (Wildman–Crippen MR) is 71.8 cm³/mol. The van der Waals surface area contributed by atoms with Gasteiger partial charge in [-0.25, -0.2) is 4.52 Å². The fraction of sp³-hybridized carbons (Fsp3) is 0.500. The van der Waals surface area contributed by atoms with E-state index < -0.39 is 0 Å². The van der Waals surface area contributed by atoms with Crippen LogP contribution in [0.25, 0.3) is 5.65 Å². The van der Waals surface area contributed by atoms with E-state index in [2.05, 4.69) is 33.9 Å². The van der Waals surface area contributed by atoms with Crippen LogP contribution in [0.15, 0.2) is 12.3 Å². The third-order valence-electron chi connectivity index (χ3n) is 3.51. The number of nitrogens with zero attached hydrogens (tertiary/aromatic N) is 5. The Morgan fingerprint density at radius 2 is 1.94 bits per heavy atom. The molecule has 2 N–H and O–H groups in total. The number of fused-ring (bicyclic) bond motifs is 1. The van der Waals surface area contributed by atoms with E-state index >= 15 is 0 Å². The van der Waals surface area contributed by atoms with Gasteiger partial charge in [0, 0.05) is 26.2 Å². The fourth-order valence-electron chi connectivity index (χ4n) is 2.41. The minimum Gasteiger partial charge on any atom is -0.368 e. The minimum absolute atomic E-state index is 0.324. The minimum atomic E-state index is 0.324. The molecule has 1 aliphatic rings. The number of pyridine rings is 1. The molecule has 0 atom stereocenters. The van der Waals surface area contributed by atoms with Crippen LogP contribution in [0, 0.1) is 6.92 Å². The van der Waals surface area contributed by atoms with Gasteiger partial charge < -0.3 is 15.5 Å². The Balaban J connectivity index is 1.98. The van der Waals surface area contributed by atoms with Crippen LogP contribution in [0.4, 0.5) is 11.6 Å². The molecule has 0 unspecified atom stereocenters. The molecule has 0 bridgehead atoms. The molecule has 0 aromatic carbocycles. The Hall–Kier alpha value is -1.82. The highest BCUT2D eigenvalue weighted by Gasteiger charge is 2.17. The van der Waals surface area contributed by atoms with Gasteiger partial charge in [-0.2, -0.15) is 4.98 Å². The van der Waals surface area contributed by atoms with Crippen molar-refractivity contribution in [3.05, 3.63) is 17.8 Å². The summed E-state index contributed by atoms with van der Waals surface area (Å²) in [6.07, 6.45) is 2.03. The summed E-state index contributed by atoms with van der Waals surface area (Å²) >= 11 is 0. The zero-order chi connectivity index (χ0) is 12.7. The molecule has 2 aromatic rings. The maximum absolute atomic E-state index is 5.62. The number of aryl methyl sites for hydroxylation is 1. The van der Waals surface area contributed by atoms with E-state index in [9.17, 15) is 0 Å². The number of piperazine rings is 1. The first-order chi connectivity index (χ1) is 8.63. The summed E-state index contributed by atoms with van der Waals surface area (Å²) < 4.78 is 1.76. The van der Waals surface area contributed by atoms with Crippen molar-refractivity contribution in [2.75, 3.05) is 43.9 Å². The van der Waals surface area contributed by atoms with Gasteiger partial charge in [-0.3, -0.25) is 0 Å². The monoisotopic (exact) mass is 246 g/mol. The number of hydrogen-bond acceptors (Lipinski definition) is 5. The lowest BCUT2D eigenvalue weighted by atomic mass is 10.2. The van der Waals surface area contributed by atoms with E-state index in [1.807, 2.05) is 12.3 Å². The van der Waals surface area contributed by atoms with Crippen LogP contribution in [-0.4, -0.2) is 52.7 Å². The Kier molecular flexibility index (Phi) is 2.59. The van der Waals surface area contributed by atoms with Crippen molar-refractivity contribution in [1.29, 1.82) is 0 Å². The molecule has 0 saturated carbocycles. The van der Waals surface area contributed by atoms with Crippen molar-refractivity contribution in [3.63, 3.8) is 0 Å². The highest BCUT2D eigenvalue weighted by atomic mass is 15.3. The molecule has 3 rings (SSSR count). The molecule has 18 heavy (non-hydrogen) atoms. The normalized spacial score (nSPS) is 17.6. The maximum atomic E-state index is 5.62. The van der Waals surface area contributed by atoms with Crippen LogP contribution in [0.3, 0.4) is 0 Å². The lowest BCUT2D eigenvalue weighted by molar-refractivity contribution is 0.312. The Bertz CT molecular complexity index is 567. The van der Waals surface area contributed by atoms with Crippen LogP contribution >= 0.6 is 0 Å². The molecule has 1 fully saturated rings. The van der Waals surface area contributed by atoms with E-state index in [4.69, 9.17) is 5.73 Å². The molecule has 0 aliphatic carbocycles. The van der Waals surface area contributed by atoms with E-state index in [1.165, 1.54) is 11.3 Å². The van der Waals surface area contributed by atoms with E-state index in [1.54, 1.807) is 4.52 Å². The van der Waals surface area contributed by atoms with Crippen molar-refractivity contribution >= 4 is 17.3 Å². The van der Waals surface area contributed by atoms with Crippen LogP contribution in [-0.2, 0) is 0 Å². The molecule has 0 amide bonds. The third kappa shape index (κ3) is 1.88. The number of nitrogen functional groups attached to an aromatic ring is 1. The molecular formula is C12H18N6. The van der Waals surface area contributed by atoms with Gasteiger partial charge in [0.2, 0.25) is 5.95 Å². The van der Waals surface area contributed by atoms with Gasteiger partial charge in [0.25, 0.3) is 0 Å². The summed E-state index contributed by atoms with van der Waals surface area (Å²) in [5.41, 5.74) is 8.88. The summed E-state index contributed by atoms with van der Waals surface area (Å²) in [6.45, 7) is 6.40. The highest BCUT2D eigenvalue weighted by molar-refractivity contribution is 5.58. The number of hydrogen-bond donors (Lipinski definition) is 1. The van der Waals surface area contributed by atoms with Crippen LogP contribution in [0.1, 0.15) is 5.56 Å². The number of nitrogens with two attached hydrogens (primary N) is 1. The summed E-state index contributed by atoms with van der Waals surface area (Å²) in [4.78, 5) is 8.92. The van der Waals surface area contributed by atoms with E-state index in [0.29, 0.717) is 5.95 Å². The van der Waals surface area contributed by atoms with Crippen LogP contribution < -0.4 is 10.6 Å². The zero-order valence-corrected chi connectivity index (χ0v) is 10.8. The molecule has 6 heteroatoms. The molecule has 3 heterocycles. The number of rotatable bonds is 1. The van der Waals surface area contributed by atoms with Gasteiger partial charge >= 0.3 is 0 Å². The first-order valence-corrected chi connectivity index (χ1v) is 6.19. The first-order valence-electron chi connectivity index (χ1n) is 6.19. The summed E-state index contributed by atoms with van der Waals surface area (Å²) in [5, 5.41) is 4.17. The Labute approximate surface area is 106 Å². The molecule has 0 spiro atoms. The van der Waals surface area contributed by atoms with Crippen molar-refractivity contribution < 1.29 is 0 Å². The average Bonchev–Trinajstić information content (AvgIpc) is 2.68. The average molecular weight is 246 g/mol. The van der Waals surface area contributed by atoms with Gasteiger partial charge in [0.15, 0.2) is 5.65 Å². The van der Waals surface area contributed by atoms with Gasteiger partial charge in [-0.15, -0.1) is 5.10 Å². The van der Waals surface area contributed by atoms with Crippen molar-refractivity contribution in [2.45, 2.75) is 6.92 Å². The van der Waals surface area contributed by atoms with Gasteiger partial charge in [0.05, 0.1) is 11.9 Å². The summed E-state index contributed by atoms with van der Waals surface area (Å²) in [5.74, 6) is 0.324. The number of anilines is 2. The lowest BCUT2D eigenvalue weighted by Gasteiger charge is -2.34. The Morgan fingerprint density at radius 1 is 1.22 bits per heavy atom. The van der Waals surface area contributed by atoms with Crippen molar-refractivity contribution in [1.82, 2.24) is 19.5 Å². The predicted octanol–water partition coefficient (Wildman–Crippen LogP) is 0.372. The van der Waals surface area contributed by atoms with Gasteiger partial charge in [0.1, 0.15) is 0 Å². The lowest BCUT2D eigenvalue weighted by Crippen LogP contribution is -2.44. The number of likely N-dealkylation sites (N-methyl/N-ethyl adjacent to an activating group) is 1. The molecule has 96 valence electrons. The van der Waals surface area contributed by atoms with Crippen molar-refractivity contribution in [3.8, 4) is 0 Å². The smallest absolute Gasteiger partial charge is 0.240 e. The second-order valence-electron chi connectivity index (χ2n) is 4.90. The van der Waals surface area contributed by atoms with Crippen LogP contribution in [0.5, 0.6) is 0 Å². The number of aromatic nitrogens is 3. The molecular weight excluding hydrogens is 228 g/mol. The molecule has 0 radical (unpaired) electrons. The van der Waals surface area contributed by atoms with Gasteiger partial charge in [-0.1, -0.05) is 0 Å². The SMILES string of the molecule is Cc1cc2nc(N)nn2cc1N1CCN(C)CC1. The van der Waals surface area contributed by atoms with Gasteiger partial charge in [-0.05, 0) is 25.6 Å². The highest BCUT2D eigenvalue weighted by Crippen LogP contribution is 2.22. The summed E-state index contributed by atoms with van der Waals surface area (Å²) in [7, 11) is 2.16. The van der Waals surface area contributed by atoms with E-state index in [0.717, 1.165) is 31.8 Å². The zero-order valence-electron chi connectivity index (χ0n) is 10.8. The fourth-order valence-corrected chi connectivity index (χ4v) is 2.41.